The van der Waals surface area contributed by atoms with Crippen molar-refractivity contribution in [1.29, 1.82) is 0 Å². The minimum absolute atomic E-state index is 1.30. The lowest BCUT2D eigenvalue weighted by Crippen LogP contribution is -2.29. The van der Waals surface area contributed by atoms with Crippen LogP contribution in [0, 0.1) is 13.8 Å². The Kier molecular flexibility index (Phi) is 5.52. The summed E-state index contributed by atoms with van der Waals surface area (Å²) in [6.45, 7) is 9.58. The first-order valence-electron chi connectivity index (χ1n) is 11.7. The molecule has 0 fully saturated rings. The maximum absolute atomic E-state index is 2.54. The van der Waals surface area contributed by atoms with Gasteiger partial charge in [-0.25, -0.2) is 0 Å². The minimum atomic E-state index is -2.08. The van der Waals surface area contributed by atoms with E-state index in [0.29, 0.717) is 0 Å². The van der Waals surface area contributed by atoms with E-state index in [0.717, 1.165) is 0 Å². The summed E-state index contributed by atoms with van der Waals surface area (Å²) in [6, 6.07) is 39.9. The van der Waals surface area contributed by atoms with Gasteiger partial charge in [-0.3, -0.25) is 0 Å². The first-order chi connectivity index (χ1) is 16.0. The second kappa shape index (κ2) is 8.50. The van der Waals surface area contributed by atoms with Crippen LogP contribution in [0.5, 0.6) is 0 Å². The average Bonchev–Trinajstić information content (AvgIpc) is 3.08. The van der Waals surface area contributed by atoms with Gasteiger partial charge in [0.15, 0.2) is 0 Å². The highest BCUT2D eigenvalue weighted by molar-refractivity contribution is 7.13. The molecule has 1 heteroatoms. The van der Waals surface area contributed by atoms with Crippen molar-refractivity contribution in [2.75, 3.05) is 0 Å². The maximum Gasteiger partial charge on any atom is 0.115 e. The van der Waals surface area contributed by atoms with E-state index >= 15 is 0 Å². The van der Waals surface area contributed by atoms with Crippen LogP contribution in [-0.2, 0) is 0 Å². The van der Waals surface area contributed by atoms with Gasteiger partial charge in [-0.2, -0.15) is 0 Å². The Morgan fingerprint density at radius 3 is 1.12 bits per heavy atom. The number of allylic oxidation sites excluding steroid dienone is 2. The Hall–Kier alpha value is -3.42. The quantitative estimate of drug-likeness (QED) is 0.277. The van der Waals surface area contributed by atoms with Crippen molar-refractivity contribution in [3.63, 3.8) is 0 Å². The van der Waals surface area contributed by atoms with Crippen molar-refractivity contribution in [1.82, 2.24) is 0 Å². The van der Waals surface area contributed by atoms with Gasteiger partial charge in [-0.05, 0) is 68.8 Å². The van der Waals surface area contributed by atoms with Gasteiger partial charge in [-0.1, -0.05) is 122 Å². The monoisotopic (exact) mass is 442 g/mol. The van der Waals surface area contributed by atoms with E-state index in [2.05, 4.69) is 136 Å². The summed E-state index contributed by atoms with van der Waals surface area (Å²) in [7, 11) is -2.08. The van der Waals surface area contributed by atoms with Crippen LogP contribution < -0.4 is 0 Å². The molecule has 0 bridgehead atoms. The molecule has 1 aliphatic rings. The number of hydrogen-bond donors (Lipinski definition) is 0. The highest BCUT2D eigenvalue weighted by Crippen LogP contribution is 2.56. The molecule has 0 spiro atoms. The Bertz CT molecular complexity index is 1270. The summed E-state index contributed by atoms with van der Waals surface area (Å²) in [6.07, 6.45) is 0. The van der Waals surface area contributed by atoms with Crippen LogP contribution in [0.4, 0.5) is 0 Å². The Labute approximate surface area is 199 Å². The third-order valence-electron chi connectivity index (χ3n) is 6.95. The topological polar surface area (TPSA) is 0 Å². The van der Waals surface area contributed by atoms with Crippen LogP contribution in [0.2, 0.25) is 13.1 Å². The lowest BCUT2D eigenvalue weighted by atomic mass is 9.88. The molecular weight excluding hydrogens is 412 g/mol. The van der Waals surface area contributed by atoms with Gasteiger partial charge in [0.2, 0.25) is 0 Å². The summed E-state index contributed by atoms with van der Waals surface area (Å²) in [5.41, 5.74) is 10.9. The Morgan fingerprint density at radius 1 is 0.424 bits per heavy atom. The lowest BCUT2D eigenvalue weighted by molar-refractivity contribution is 1.43. The first-order valence-corrected chi connectivity index (χ1v) is 14.7. The third-order valence-corrected chi connectivity index (χ3v) is 10.5. The fourth-order valence-corrected chi connectivity index (χ4v) is 9.38. The second-order valence-corrected chi connectivity index (χ2v) is 13.7. The molecular formula is C32H30Si. The second-order valence-electron chi connectivity index (χ2n) is 9.49. The maximum atomic E-state index is 2.54. The van der Waals surface area contributed by atoms with Gasteiger partial charge in [0.1, 0.15) is 8.07 Å². The van der Waals surface area contributed by atoms with E-state index in [1.54, 1.807) is 10.4 Å². The molecule has 0 amide bonds. The average molecular weight is 443 g/mol. The summed E-state index contributed by atoms with van der Waals surface area (Å²) < 4.78 is 0. The number of aryl methyl sites for hydroxylation is 2. The van der Waals surface area contributed by atoms with Crippen LogP contribution in [0.3, 0.4) is 0 Å². The van der Waals surface area contributed by atoms with E-state index in [4.69, 9.17) is 0 Å². The molecule has 0 nitrogen and oxygen atoms in total. The lowest BCUT2D eigenvalue weighted by Gasteiger charge is -2.28. The summed E-state index contributed by atoms with van der Waals surface area (Å²) in [4.78, 5) is 0. The zero-order valence-corrected chi connectivity index (χ0v) is 20.9. The van der Waals surface area contributed by atoms with Gasteiger partial charge in [0.25, 0.3) is 0 Å². The van der Waals surface area contributed by atoms with Crippen molar-refractivity contribution in [3.05, 3.63) is 143 Å². The van der Waals surface area contributed by atoms with Gasteiger partial charge in [0.05, 0.1) is 0 Å². The fraction of sp³-hybridized carbons (Fsp3) is 0.125. The largest absolute Gasteiger partial charge is 0.115 e. The molecule has 0 radical (unpaired) electrons. The van der Waals surface area contributed by atoms with Crippen molar-refractivity contribution in [3.8, 4) is 0 Å². The van der Waals surface area contributed by atoms with Crippen molar-refractivity contribution < 1.29 is 0 Å². The molecule has 5 rings (SSSR count). The number of hydrogen-bond acceptors (Lipinski definition) is 0. The van der Waals surface area contributed by atoms with Gasteiger partial charge in [0, 0.05) is 0 Å². The number of benzene rings is 4. The zero-order valence-electron chi connectivity index (χ0n) is 19.9. The summed E-state index contributed by atoms with van der Waals surface area (Å²) >= 11 is 0. The molecule has 0 saturated heterocycles. The molecule has 0 unspecified atom stereocenters. The van der Waals surface area contributed by atoms with Crippen LogP contribution in [0.1, 0.15) is 33.4 Å². The zero-order chi connectivity index (χ0) is 23.0. The van der Waals surface area contributed by atoms with Gasteiger partial charge in [-0.15, -0.1) is 0 Å². The van der Waals surface area contributed by atoms with Crippen molar-refractivity contribution in [2.45, 2.75) is 26.9 Å². The van der Waals surface area contributed by atoms with Crippen LogP contribution >= 0.6 is 0 Å². The van der Waals surface area contributed by atoms with Gasteiger partial charge < -0.3 is 0 Å². The predicted octanol–water partition coefficient (Wildman–Crippen LogP) is 8.63. The SMILES string of the molecule is Cc1ccccc1C1=C(c2ccccc2)C(c2ccccc2)=C(c2ccccc2C)[Si]1(C)C. The van der Waals surface area contributed by atoms with E-state index in [-0.39, 0.29) is 0 Å². The molecule has 0 saturated carbocycles. The fourth-order valence-electron chi connectivity index (χ4n) is 5.44. The van der Waals surface area contributed by atoms with Crippen LogP contribution in [0.15, 0.2) is 109 Å². The van der Waals surface area contributed by atoms with E-state index < -0.39 is 8.07 Å². The molecule has 162 valence electrons. The molecule has 33 heavy (non-hydrogen) atoms. The molecule has 1 aliphatic heterocycles. The molecule has 0 atom stereocenters. The molecule has 0 aromatic heterocycles. The van der Waals surface area contributed by atoms with Crippen molar-refractivity contribution >= 4 is 29.6 Å². The van der Waals surface area contributed by atoms with Gasteiger partial charge >= 0.3 is 0 Å². The summed E-state index contributed by atoms with van der Waals surface area (Å²) in [5.74, 6) is 0. The van der Waals surface area contributed by atoms with Crippen molar-refractivity contribution in [2.24, 2.45) is 0 Å². The Morgan fingerprint density at radius 2 is 0.758 bits per heavy atom. The van der Waals surface area contributed by atoms with E-state index in [9.17, 15) is 0 Å². The first kappa shape index (κ1) is 21.4. The molecule has 0 aliphatic carbocycles. The minimum Gasteiger partial charge on any atom is -0.0622 e. The number of rotatable bonds is 4. The van der Waals surface area contributed by atoms with E-state index in [1.165, 1.54) is 44.5 Å². The molecule has 4 aromatic rings. The third kappa shape index (κ3) is 3.63. The molecule has 1 heterocycles. The smallest absolute Gasteiger partial charge is 0.0622 e. The molecule has 4 aromatic carbocycles. The Balaban J connectivity index is 1.96. The summed E-state index contributed by atoms with van der Waals surface area (Å²) in [5, 5.41) is 3.09. The van der Waals surface area contributed by atoms with Crippen LogP contribution in [0.25, 0.3) is 21.5 Å². The normalized spacial score (nSPS) is 15.3. The highest BCUT2D eigenvalue weighted by atomic mass is 28.3. The molecule has 0 N–H and O–H groups in total. The standard InChI is InChI=1S/C32H30Si/c1-23-15-11-13-21-27(23)31-29(25-17-7-5-8-18-25)30(26-19-9-6-10-20-26)32(33(31,3)4)28-22-14-12-16-24(28)2/h5-22H,1-4H3. The predicted molar refractivity (Wildman–Crippen MR) is 146 cm³/mol. The highest BCUT2D eigenvalue weighted by Gasteiger charge is 2.44. The van der Waals surface area contributed by atoms with Crippen LogP contribution in [-0.4, -0.2) is 8.07 Å². The van der Waals surface area contributed by atoms with E-state index in [1.807, 2.05) is 0 Å².